The van der Waals surface area contributed by atoms with E-state index in [0.717, 1.165) is 0 Å². The van der Waals surface area contributed by atoms with Crippen LogP contribution in [-0.4, -0.2) is 47.3 Å². The van der Waals surface area contributed by atoms with Gasteiger partial charge in [-0.15, -0.1) is 11.3 Å². The van der Waals surface area contributed by atoms with Gasteiger partial charge in [0, 0.05) is 6.54 Å². The second-order valence-corrected chi connectivity index (χ2v) is 5.04. The maximum absolute atomic E-state index is 11.5. The number of nitrogens with one attached hydrogen (secondary N) is 2. The molecule has 0 saturated carbocycles. The Balaban J connectivity index is 2.28. The Hall–Kier alpha value is -1.44. The smallest absolute Gasteiger partial charge is 0.261 e. The first-order chi connectivity index (χ1) is 8.44. The third kappa shape index (κ3) is 4.82. The van der Waals surface area contributed by atoms with Crippen LogP contribution in [0, 0.1) is 0 Å². The molecule has 0 aliphatic heterocycles. The summed E-state index contributed by atoms with van der Waals surface area (Å²) in [6, 6.07) is 3.41. The molecule has 7 heteroatoms. The van der Waals surface area contributed by atoms with E-state index >= 15 is 0 Å². The SMILES string of the molecule is CC(O)(CO)CNC(=O)CNC(=O)c1cccs1. The molecule has 100 valence electrons. The van der Waals surface area contributed by atoms with Crippen LogP contribution in [-0.2, 0) is 4.79 Å². The maximum atomic E-state index is 11.5. The Morgan fingerprint density at radius 2 is 2.17 bits per heavy atom. The van der Waals surface area contributed by atoms with E-state index in [9.17, 15) is 14.7 Å². The second-order valence-electron chi connectivity index (χ2n) is 4.09. The Morgan fingerprint density at radius 1 is 1.44 bits per heavy atom. The molecule has 0 aliphatic rings. The summed E-state index contributed by atoms with van der Waals surface area (Å²) in [5, 5.41) is 24.9. The van der Waals surface area contributed by atoms with Crippen LogP contribution < -0.4 is 10.6 Å². The fourth-order valence-electron chi connectivity index (χ4n) is 1.06. The zero-order chi connectivity index (χ0) is 13.6. The van der Waals surface area contributed by atoms with E-state index in [1.54, 1.807) is 17.5 Å². The van der Waals surface area contributed by atoms with Crippen LogP contribution in [0.4, 0.5) is 0 Å². The van der Waals surface area contributed by atoms with Gasteiger partial charge >= 0.3 is 0 Å². The van der Waals surface area contributed by atoms with Gasteiger partial charge in [0.15, 0.2) is 0 Å². The minimum atomic E-state index is -1.35. The first kappa shape index (κ1) is 14.6. The molecule has 1 rings (SSSR count). The largest absolute Gasteiger partial charge is 0.393 e. The summed E-state index contributed by atoms with van der Waals surface area (Å²) < 4.78 is 0. The molecule has 0 spiro atoms. The van der Waals surface area contributed by atoms with E-state index in [1.165, 1.54) is 18.3 Å². The standard InChI is InChI=1S/C11H16N2O4S/c1-11(17,7-14)6-13-9(15)5-12-10(16)8-3-2-4-18-8/h2-4,14,17H,5-7H2,1H3,(H,12,16)(H,13,15). The molecule has 1 aromatic heterocycles. The van der Waals surface area contributed by atoms with E-state index in [4.69, 9.17) is 5.11 Å². The number of rotatable bonds is 6. The Morgan fingerprint density at radius 3 is 2.72 bits per heavy atom. The summed E-state index contributed by atoms with van der Waals surface area (Å²) in [4.78, 5) is 23.4. The quantitative estimate of drug-likeness (QED) is 0.552. The van der Waals surface area contributed by atoms with Crippen molar-refractivity contribution in [3.63, 3.8) is 0 Å². The summed E-state index contributed by atoms with van der Waals surface area (Å²) in [5.41, 5.74) is -1.35. The maximum Gasteiger partial charge on any atom is 0.261 e. The third-order valence-corrected chi connectivity index (χ3v) is 3.03. The molecule has 0 aliphatic carbocycles. The summed E-state index contributed by atoms with van der Waals surface area (Å²) in [5.74, 6) is -0.734. The lowest BCUT2D eigenvalue weighted by Gasteiger charge is -2.20. The molecule has 0 fully saturated rings. The lowest BCUT2D eigenvalue weighted by molar-refractivity contribution is -0.121. The van der Waals surface area contributed by atoms with Gasteiger partial charge in [0.1, 0.15) is 5.60 Å². The van der Waals surface area contributed by atoms with Crippen LogP contribution in [0.1, 0.15) is 16.6 Å². The van der Waals surface area contributed by atoms with E-state index in [0.29, 0.717) is 4.88 Å². The number of aliphatic hydroxyl groups is 2. The normalized spacial score (nSPS) is 13.7. The summed E-state index contributed by atoms with van der Waals surface area (Å²) >= 11 is 1.29. The number of hydrogen-bond acceptors (Lipinski definition) is 5. The fraction of sp³-hybridized carbons (Fsp3) is 0.455. The number of hydrogen-bond donors (Lipinski definition) is 4. The van der Waals surface area contributed by atoms with Gasteiger partial charge < -0.3 is 20.8 Å². The highest BCUT2D eigenvalue weighted by Crippen LogP contribution is 2.07. The van der Waals surface area contributed by atoms with Crippen molar-refractivity contribution in [1.82, 2.24) is 10.6 Å². The molecular formula is C11H16N2O4S. The highest BCUT2D eigenvalue weighted by molar-refractivity contribution is 7.12. The summed E-state index contributed by atoms with van der Waals surface area (Å²) in [7, 11) is 0. The van der Waals surface area contributed by atoms with Crippen molar-refractivity contribution in [3.05, 3.63) is 22.4 Å². The summed E-state index contributed by atoms with van der Waals surface area (Å²) in [6.07, 6.45) is 0. The average Bonchev–Trinajstić information content (AvgIpc) is 2.87. The number of thiophene rings is 1. The van der Waals surface area contributed by atoms with E-state index in [1.807, 2.05) is 0 Å². The van der Waals surface area contributed by atoms with Gasteiger partial charge in [0.25, 0.3) is 5.91 Å². The van der Waals surface area contributed by atoms with Crippen LogP contribution in [0.15, 0.2) is 17.5 Å². The molecular weight excluding hydrogens is 256 g/mol. The predicted octanol–water partition coefficient (Wildman–Crippen LogP) is -0.663. The molecule has 1 aromatic rings. The highest BCUT2D eigenvalue weighted by atomic mass is 32.1. The van der Waals surface area contributed by atoms with Crippen LogP contribution in [0.25, 0.3) is 0 Å². The van der Waals surface area contributed by atoms with Gasteiger partial charge in [-0.25, -0.2) is 0 Å². The lowest BCUT2D eigenvalue weighted by atomic mass is 10.1. The minimum Gasteiger partial charge on any atom is -0.393 e. The number of carbonyl (C=O) groups excluding carboxylic acids is 2. The Kier molecular flexibility index (Phi) is 5.26. The van der Waals surface area contributed by atoms with E-state index < -0.39 is 18.1 Å². The molecule has 0 aromatic carbocycles. The molecule has 1 unspecified atom stereocenters. The number of amides is 2. The molecule has 0 bridgehead atoms. The second kappa shape index (κ2) is 6.48. The van der Waals surface area contributed by atoms with Crippen LogP contribution in [0.5, 0.6) is 0 Å². The predicted molar refractivity (Wildman–Crippen MR) is 67.4 cm³/mol. The lowest BCUT2D eigenvalue weighted by Crippen LogP contribution is -2.46. The Bertz CT molecular complexity index is 403. The molecule has 1 atom stereocenters. The monoisotopic (exact) mass is 272 g/mol. The van der Waals surface area contributed by atoms with Gasteiger partial charge in [0.05, 0.1) is 18.0 Å². The average molecular weight is 272 g/mol. The van der Waals surface area contributed by atoms with Crippen molar-refractivity contribution in [2.24, 2.45) is 0 Å². The van der Waals surface area contributed by atoms with Crippen LogP contribution >= 0.6 is 11.3 Å². The Labute approximate surface area is 109 Å². The van der Waals surface area contributed by atoms with Gasteiger partial charge in [0.2, 0.25) is 5.91 Å². The zero-order valence-corrected chi connectivity index (χ0v) is 10.8. The van der Waals surface area contributed by atoms with Crippen molar-refractivity contribution in [2.45, 2.75) is 12.5 Å². The minimum absolute atomic E-state index is 0.0722. The van der Waals surface area contributed by atoms with Gasteiger partial charge in [-0.2, -0.15) is 0 Å². The third-order valence-electron chi connectivity index (χ3n) is 2.16. The van der Waals surface area contributed by atoms with E-state index in [2.05, 4.69) is 10.6 Å². The van der Waals surface area contributed by atoms with Gasteiger partial charge in [-0.05, 0) is 18.4 Å². The fourth-order valence-corrected chi connectivity index (χ4v) is 1.70. The van der Waals surface area contributed by atoms with Crippen molar-refractivity contribution in [1.29, 1.82) is 0 Å². The summed E-state index contributed by atoms with van der Waals surface area (Å²) in [6.45, 7) is 0.710. The zero-order valence-electron chi connectivity index (χ0n) is 9.97. The van der Waals surface area contributed by atoms with Crippen LogP contribution in [0.2, 0.25) is 0 Å². The van der Waals surface area contributed by atoms with Crippen LogP contribution in [0.3, 0.4) is 0 Å². The molecule has 0 saturated heterocycles. The molecule has 4 N–H and O–H groups in total. The number of aliphatic hydroxyl groups excluding tert-OH is 1. The first-order valence-electron chi connectivity index (χ1n) is 5.36. The van der Waals surface area contributed by atoms with E-state index in [-0.39, 0.29) is 19.0 Å². The van der Waals surface area contributed by atoms with Crippen molar-refractivity contribution >= 4 is 23.2 Å². The molecule has 2 amide bonds. The number of carbonyl (C=O) groups is 2. The molecule has 0 radical (unpaired) electrons. The van der Waals surface area contributed by atoms with Gasteiger partial charge in [-0.3, -0.25) is 9.59 Å². The molecule has 1 heterocycles. The molecule has 18 heavy (non-hydrogen) atoms. The van der Waals surface area contributed by atoms with Crippen molar-refractivity contribution in [3.8, 4) is 0 Å². The van der Waals surface area contributed by atoms with Gasteiger partial charge in [-0.1, -0.05) is 6.07 Å². The van der Waals surface area contributed by atoms with Crippen molar-refractivity contribution < 1.29 is 19.8 Å². The highest BCUT2D eigenvalue weighted by Gasteiger charge is 2.19. The topological polar surface area (TPSA) is 98.7 Å². The first-order valence-corrected chi connectivity index (χ1v) is 6.24. The molecule has 6 nitrogen and oxygen atoms in total. The van der Waals surface area contributed by atoms with Crippen molar-refractivity contribution in [2.75, 3.05) is 19.7 Å².